The molecule has 0 saturated carbocycles. The minimum Gasteiger partial charge on any atom is -0.347 e. The first-order valence-electron chi connectivity index (χ1n) is 5.10. The second-order valence-electron chi connectivity index (χ2n) is 3.88. The topological polar surface area (TPSA) is 66.6 Å². The van der Waals surface area contributed by atoms with Gasteiger partial charge in [-0.3, -0.25) is 9.59 Å². The van der Waals surface area contributed by atoms with Crippen molar-refractivity contribution in [3.63, 3.8) is 0 Å². The zero-order chi connectivity index (χ0) is 12.0. The van der Waals surface area contributed by atoms with Gasteiger partial charge in [0.2, 0.25) is 11.8 Å². The van der Waals surface area contributed by atoms with Crippen molar-refractivity contribution in [2.75, 3.05) is 27.7 Å². The Hall–Kier alpha value is -1.10. The van der Waals surface area contributed by atoms with Crippen LogP contribution < -0.4 is 5.73 Å². The summed E-state index contributed by atoms with van der Waals surface area (Å²) in [5.41, 5.74) is 5.66. The van der Waals surface area contributed by atoms with E-state index in [0.29, 0.717) is 6.42 Å². The molecule has 88 valence electrons. The highest BCUT2D eigenvalue weighted by Gasteiger charge is 2.19. The molecule has 0 heterocycles. The SMILES string of the molecule is CCC[C@@H](N)C(=O)N(C)CC(=O)N(C)C. The van der Waals surface area contributed by atoms with E-state index < -0.39 is 6.04 Å². The van der Waals surface area contributed by atoms with Gasteiger partial charge >= 0.3 is 0 Å². The van der Waals surface area contributed by atoms with Crippen molar-refractivity contribution in [1.29, 1.82) is 0 Å². The van der Waals surface area contributed by atoms with Gasteiger partial charge in [0.1, 0.15) is 0 Å². The average molecular weight is 215 g/mol. The summed E-state index contributed by atoms with van der Waals surface area (Å²) in [6.07, 6.45) is 1.52. The first-order chi connectivity index (χ1) is 6.90. The van der Waals surface area contributed by atoms with Crippen molar-refractivity contribution in [2.45, 2.75) is 25.8 Å². The van der Waals surface area contributed by atoms with Crippen LogP contribution in [0.5, 0.6) is 0 Å². The Morgan fingerprint density at radius 1 is 1.27 bits per heavy atom. The van der Waals surface area contributed by atoms with Gasteiger partial charge in [-0.15, -0.1) is 0 Å². The van der Waals surface area contributed by atoms with Crippen molar-refractivity contribution >= 4 is 11.8 Å². The van der Waals surface area contributed by atoms with Crippen LogP contribution in [0.4, 0.5) is 0 Å². The lowest BCUT2D eigenvalue weighted by Crippen LogP contribution is -2.45. The molecule has 0 aromatic carbocycles. The number of likely N-dealkylation sites (N-methyl/N-ethyl adjacent to an activating group) is 2. The standard InChI is InChI=1S/C10H21N3O2/c1-5-6-8(11)10(15)13(4)7-9(14)12(2)3/h8H,5-7,11H2,1-4H3/t8-/m1/s1. The van der Waals surface area contributed by atoms with E-state index in [-0.39, 0.29) is 18.4 Å². The van der Waals surface area contributed by atoms with Crippen LogP contribution in [0.2, 0.25) is 0 Å². The highest BCUT2D eigenvalue weighted by atomic mass is 16.2. The summed E-state index contributed by atoms with van der Waals surface area (Å²) in [7, 11) is 4.92. The lowest BCUT2D eigenvalue weighted by atomic mass is 10.1. The van der Waals surface area contributed by atoms with Crippen molar-refractivity contribution in [1.82, 2.24) is 9.80 Å². The molecule has 5 nitrogen and oxygen atoms in total. The monoisotopic (exact) mass is 215 g/mol. The van der Waals surface area contributed by atoms with Gasteiger partial charge in [-0.2, -0.15) is 0 Å². The zero-order valence-corrected chi connectivity index (χ0v) is 9.99. The number of nitrogens with zero attached hydrogens (tertiary/aromatic N) is 2. The molecule has 0 fully saturated rings. The molecule has 0 bridgehead atoms. The summed E-state index contributed by atoms with van der Waals surface area (Å²) in [6.45, 7) is 2.06. The van der Waals surface area contributed by atoms with E-state index in [1.54, 1.807) is 21.1 Å². The summed E-state index contributed by atoms with van der Waals surface area (Å²) in [4.78, 5) is 25.8. The van der Waals surface area contributed by atoms with E-state index in [4.69, 9.17) is 5.73 Å². The largest absolute Gasteiger partial charge is 0.347 e. The fraction of sp³-hybridized carbons (Fsp3) is 0.800. The average Bonchev–Trinajstić information content (AvgIpc) is 2.16. The Labute approximate surface area is 91.2 Å². The summed E-state index contributed by atoms with van der Waals surface area (Å²) in [5, 5.41) is 0. The molecule has 0 rings (SSSR count). The fourth-order valence-corrected chi connectivity index (χ4v) is 1.14. The zero-order valence-electron chi connectivity index (χ0n) is 9.99. The molecule has 0 aromatic heterocycles. The summed E-state index contributed by atoms with van der Waals surface area (Å²) < 4.78 is 0. The Morgan fingerprint density at radius 2 is 1.80 bits per heavy atom. The van der Waals surface area contributed by atoms with Gasteiger partial charge in [-0.05, 0) is 6.42 Å². The van der Waals surface area contributed by atoms with Crippen LogP contribution in [0, 0.1) is 0 Å². The predicted molar refractivity (Wildman–Crippen MR) is 59.2 cm³/mol. The molecule has 2 amide bonds. The molecule has 0 radical (unpaired) electrons. The van der Waals surface area contributed by atoms with Crippen LogP contribution >= 0.6 is 0 Å². The molecule has 0 unspecified atom stereocenters. The summed E-state index contributed by atoms with van der Waals surface area (Å²) in [5.74, 6) is -0.276. The molecule has 2 N–H and O–H groups in total. The van der Waals surface area contributed by atoms with Gasteiger partial charge in [-0.1, -0.05) is 13.3 Å². The number of carbonyl (C=O) groups excluding carboxylic acids is 2. The van der Waals surface area contributed by atoms with Crippen LogP contribution in [0.15, 0.2) is 0 Å². The van der Waals surface area contributed by atoms with E-state index in [1.807, 2.05) is 6.92 Å². The van der Waals surface area contributed by atoms with E-state index in [9.17, 15) is 9.59 Å². The van der Waals surface area contributed by atoms with Crippen LogP contribution in [-0.2, 0) is 9.59 Å². The van der Waals surface area contributed by atoms with Crippen molar-refractivity contribution in [3.8, 4) is 0 Å². The molecule has 0 aliphatic carbocycles. The van der Waals surface area contributed by atoms with E-state index in [1.165, 1.54) is 9.80 Å². The minimum absolute atomic E-state index is 0.0866. The fourth-order valence-electron chi connectivity index (χ4n) is 1.14. The number of carbonyl (C=O) groups is 2. The van der Waals surface area contributed by atoms with Crippen LogP contribution in [0.1, 0.15) is 19.8 Å². The normalized spacial score (nSPS) is 12.1. The molecule has 0 aliphatic rings. The maximum absolute atomic E-state index is 11.6. The smallest absolute Gasteiger partial charge is 0.241 e. The number of hydrogen-bond acceptors (Lipinski definition) is 3. The molecule has 1 atom stereocenters. The second-order valence-corrected chi connectivity index (χ2v) is 3.88. The third kappa shape index (κ3) is 4.78. The molecule has 0 aliphatic heterocycles. The maximum Gasteiger partial charge on any atom is 0.241 e. The Bertz CT molecular complexity index is 229. The number of rotatable bonds is 5. The van der Waals surface area contributed by atoms with Gasteiger partial charge in [0, 0.05) is 21.1 Å². The Kier molecular flexibility index (Phi) is 5.93. The third-order valence-electron chi connectivity index (χ3n) is 2.16. The highest BCUT2D eigenvalue weighted by Crippen LogP contribution is 1.98. The first-order valence-corrected chi connectivity index (χ1v) is 5.10. The van der Waals surface area contributed by atoms with Gasteiger partial charge in [-0.25, -0.2) is 0 Å². The lowest BCUT2D eigenvalue weighted by molar-refractivity contribution is -0.138. The first kappa shape index (κ1) is 13.9. The van der Waals surface area contributed by atoms with Crippen molar-refractivity contribution in [3.05, 3.63) is 0 Å². The van der Waals surface area contributed by atoms with Crippen LogP contribution in [-0.4, -0.2) is 55.3 Å². The van der Waals surface area contributed by atoms with Gasteiger partial charge < -0.3 is 15.5 Å². The Morgan fingerprint density at radius 3 is 2.20 bits per heavy atom. The van der Waals surface area contributed by atoms with E-state index >= 15 is 0 Å². The Balaban J connectivity index is 4.15. The molecule has 5 heteroatoms. The summed E-state index contributed by atoms with van der Waals surface area (Å²) >= 11 is 0. The minimum atomic E-state index is -0.491. The quantitative estimate of drug-likeness (QED) is 0.682. The maximum atomic E-state index is 11.6. The van der Waals surface area contributed by atoms with Gasteiger partial charge in [0.25, 0.3) is 0 Å². The van der Waals surface area contributed by atoms with E-state index in [2.05, 4.69) is 0 Å². The van der Waals surface area contributed by atoms with Gasteiger partial charge in [0.15, 0.2) is 0 Å². The number of amides is 2. The second kappa shape index (κ2) is 6.40. The molecule has 0 aromatic rings. The highest BCUT2D eigenvalue weighted by molar-refractivity contribution is 5.87. The summed E-state index contributed by atoms with van der Waals surface area (Å²) in [6, 6.07) is -0.491. The number of hydrogen-bond donors (Lipinski definition) is 1. The van der Waals surface area contributed by atoms with Crippen LogP contribution in [0.25, 0.3) is 0 Å². The predicted octanol–water partition coefficient (Wildman–Crippen LogP) is -0.340. The van der Waals surface area contributed by atoms with Crippen LogP contribution in [0.3, 0.4) is 0 Å². The molecule has 0 saturated heterocycles. The van der Waals surface area contributed by atoms with E-state index in [0.717, 1.165) is 6.42 Å². The molecular weight excluding hydrogens is 194 g/mol. The third-order valence-corrected chi connectivity index (χ3v) is 2.16. The van der Waals surface area contributed by atoms with Gasteiger partial charge in [0.05, 0.1) is 12.6 Å². The molecular formula is C10H21N3O2. The molecule has 15 heavy (non-hydrogen) atoms. The van der Waals surface area contributed by atoms with Crippen molar-refractivity contribution in [2.24, 2.45) is 5.73 Å². The lowest BCUT2D eigenvalue weighted by Gasteiger charge is -2.22. The van der Waals surface area contributed by atoms with Crippen molar-refractivity contribution < 1.29 is 9.59 Å². The molecule has 0 spiro atoms. The number of nitrogens with two attached hydrogens (primary N) is 1.